The first kappa shape index (κ1) is 38.5. The Morgan fingerprint density at radius 1 is 1.14 bits per heavy atom. The van der Waals surface area contributed by atoms with Gasteiger partial charge in [0.25, 0.3) is 0 Å². The molecular formula is C43H48N6O8S. The maximum absolute atomic E-state index is 15.2. The smallest absolute Gasteiger partial charge is 0.333 e. The number of phenolic OH excluding ortho intramolecular Hbond substituents is 1. The normalized spacial score (nSPS) is 27.3. The minimum atomic E-state index is -1.32. The molecule has 0 aliphatic carbocycles. The van der Waals surface area contributed by atoms with Gasteiger partial charge in [0.05, 0.1) is 36.2 Å². The maximum atomic E-state index is 15.2. The van der Waals surface area contributed by atoms with Crippen LogP contribution < -0.4 is 29.6 Å². The van der Waals surface area contributed by atoms with E-state index in [-0.39, 0.29) is 37.4 Å². The molecule has 0 amide bonds. The minimum Gasteiger partial charge on any atom is -0.504 e. The van der Waals surface area contributed by atoms with Crippen LogP contribution in [0.2, 0.25) is 0 Å². The number of aromatic hydroxyl groups is 1. The number of aryl methyl sites for hydroxylation is 1. The van der Waals surface area contributed by atoms with E-state index in [9.17, 15) is 15.2 Å². The number of nitrogens with one attached hydrogen (secondary N) is 3. The van der Waals surface area contributed by atoms with E-state index in [4.69, 9.17) is 23.7 Å². The molecule has 1 fully saturated rings. The number of aromatic nitrogens is 1. The quantitative estimate of drug-likeness (QED) is 0.163. The van der Waals surface area contributed by atoms with Gasteiger partial charge in [-0.05, 0) is 64.2 Å². The van der Waals surface area contributed by atoms with Gasteiger partial charge in [0.2, 0.25) is 6.79 Å². The standard InChI is InChI=1S/C43H48N6O8S/c1-20-12-23-13-25(15-44)49-29-17-54-42(52)43(41-27(14-24(47-43)16-45-4)26-10-8-9-11-28(26)46-41)18-58-40(34(49)33(48(5)6)30(23)35(51)36(20)53-7)32-31(29)39-38(55-19-56-39)21(2)37(32)57-22(3)50/h8-12,24-25,29,33-34,40,45-47,51H,13-14,16-19H2,1-7H3/t24-,25-,29+,33+,34-,40-,43-/m1/s1. The third kappa shape index (κ3) is 5.60. The second kappa shape index (κ2) is 14.4. The van der Waals surface area contributed by atoms with Crippen molar-refractivity contribution in [1.82, 2.24) is 25.4 Å². The highest BCUT2D eigenvalue weighted by Crippen LogP contribution is 2.63. The van der Waals surface area contributed by atoms with Crippen LogP contribution in [0.15, 0.2) is 30.3 Å². The lowest BCUT2D eigenvalue weighted by molar-refractivity contribution is -0.155. The van der Waals surface area contributed by atoms with E-state index in [1.54, 1.807) is 7.11 Å². The van der Waals surface area contributed by atoms with Crippen LogP contribution in [0, 0.1) is 25.2 Å². The van der Waals surface area contributed by atoms with E-state index in [2.05, 4.69) is 37.6 Å². The second-order valence-electron chi connectivity index (χ2n) is 16.2. The lowest BCUT2D eigenvalue weighted by Gasteiger charge is -2.53. The lowest BCUT2D eigenvalue weighted by atomic mass is 9.80. The van der Waals surface area contributed by atoms with Gasteiger partial charge in [0, 0.05) is 70.9 Å². The van der Waals surface area contributed by atoms with Crippen LogP contribution in [-0.4, -0.2) is 104 Å². The molecule has 10 rings (SSSR count). The highest BCUT2D eigenvalue weighted by Gasteiger charge is 2.58. The highest BCUT2D eigenvalue weighted by atomic mass is 32.2. The summed E-state index contributed by atoms with van der Waals surface area (Å²) in [6.07, 6.45) is 0.967. The first-order chi connectivity index (χ1) is 27.9. The summed E-state index contributed by atoms with van der Waals surface area (Å²) >= 11 is 1.54. The van der Waals surface area contributed by atoms with Crippen molar-refractivity contribution in [3.8, 4) is 34.8 Å². The average Bonchev–Trinajstić information content (AvgIpc) is 3.80. The van der Waals surface area contributed by atoms with Gasteiger partial charge < -0.3 is 44.0 Å². The molecule has 304 valence electrons. The summed E-state index contributed by atoms with van der Waals surface area (Å²) in [7, 11) is 7.36. The molecule has 0 saturated carbocycles. The molecule has 6 aliphatic heterocycles. The number of nitriles is 1. The maximum Gasteiger partial charge on any atom is 0.333 e. The van der Waals surface area contributed by atoms with Gasteiger partial charge in [-0.3, -0.25) is 15.0 Å². The average molecular weight is 809 g/mol. The Hall–Kier alpha value is -4.98. The SMILES string of the molecule is CNC[C@H]1Cc2c([nH]c3ccccc23)[C@@]2(CS[C@@H]3c4c(OC(C)=O)c(C)c5c(c4[C@H](COC2=O)N2[C@@H]3[C@@H](N(C)C)c3c(cc(C)c(OC)c3O)C[C@@H]2C#N)OCO5)N1. The number of fused-ring (bicyclic) bond motifs is 8. The zero-order chi connectivity index (χ0) is 40.8. The molecule has 4 aromatic rings. The molecule has 6 aliphatic rings. The van der Waals surface area contributed by atoms with Crippen LogP contribution in [0.25, 0.3) is 10.9 Å². The van der Waals surface area contributed by atoms with Gasteiger partial charge in [-0.25, -0.2) is 4.79 Å². The number of hydrogen-bond acceptors (Lipinski definition) is 14. The summed E-state index contributed by atoms with van der Waals surface area (Å²) in [5, 5.41) is 30.9. The zero-order valence-corrected chi connectivity index (χ0v) is 34.5. The van der Waals surface area contributed by atoms with Gasteiger partial charge >= 0.3 is 11.9 Å². The highest BCUT2D eigenvalue weighted by molar-refractivity contribution is 7.99. The molecule has 58 heavy (non-hydrogen) atoms. The van der Waals surface area contributed by atoms with Crippen molar-refractivity contribution in [2.75, 3.05) is 54.0 Å². The molecule has 0 unspecified atom stereocenters. The van der Waals surface area contributed by atoms with Crippen molar-refractivity contribution in [2.45, 2.75) is 74.6 Å². The number of carbonyl (C=O) groups excluding carboxylic acids is 2. The summed E-state index contributed by atoms with van der Waals surface area (Å²) in [5.41, 5.74) is 5.63. The van der Waals surface area contributed by atoms with E-state index in [0.29, 0.717) is 58.2 Å². The number of likely N-dealkylation sites (N-methyl/N-ethyl adjacent to an activating group) is 2. The van der Waals surface area contributed by atoms with Crippen LogP contribution in [0.1, 0.15) is 68.9 Å². The molecule has 1 spiro atoms. The summed E-state index contributed by atoms with van der Waals surface area (Å²) in [5.74, 6) is 0.925. The Morgan fingerprint density at radius 3 is 2.64 bits per heavy atom. The topological polar surface area (TPSA) is 171 Å². The number of benzene rings is 3. The van der Waals surface area contributed by atoms with Crippen LogP contribution in [0.4, 0.5) is 0 Å². The monoisotopic (exact) mass is 808 g/mol. The van der Waals surface area contributed by atoms with Crippen molar-refractivity contribution >= 4 is 34.6 Å². The molecule has 3 aromatic carbocycles. The number of methoxy groups -OCH3 is 1. The molecular weight excluding hydrogens is 761 g/mol. The Balaban J connectivity index is 1.34. The van der Waals surface area contributed by atoms with Crippen molar-refractivity contribution in [2.24, 2.45) is 0 Å². The predicted octanol–water partition coefficient (Wildman–Crippen LogP) is 4.59. The first-order valence-electron chi connectivity index (χ1n) is 19.6. The summed E-state index contributed by atoms with van der Waals surface area (Å²) in [6, 6.07) is 10.0. The molecule has 1 saturated heterocycles. The molecule has 15 heteroatoms. The van der Waals surface area contributed by atoms with E-state index in [1.807, 2.05) is 59.3 Å². The molecule has 0 radical (unpaired) electrons. The summed E-state index contributed by atoms with van der Waals surface area (Å²) in [4.78, 5) is 36.1. The molecule has 7 atom stereocenters. The van der Waals surface area contributed by atoms with Crippen molar-refractivity contribution in [3.05, 3.63) is 75.0 Å². The minimum absolute atomic E-state index is 0.0180. The largest absolute Gasteiger partial charge is 0.504 e. The Kier molecular flexibility index (Phi) is 9.56. The van der Waals surface area contributed by atoms with Gasteiger partial charge in [0.15, 0.2) is 28.5 Å². The van der Waals surface area contributed by atoms with Crippen LogP contribution in [0.3, 0.4) is 0 Å². The number of H-pyrrole nitrogens is 1. The number of aromatic amines is 1. The Morgan fingerprint density at radius 2 is 1.91 bits per heavy atom. The van der Waals surface area contributed by atoms with E-state index in [1.165, 1.54) is 18.7 Å². The van der Waals surface area contributed by atoms with E-state index < -0.39 is 46.9 Å². The van der Waals surface area contributed by atoms with Gasteiger partial charge in [-0.2, -0.15) is 5.26 Å². The van der Waals surface area contributed by atoms with Crippen LogP contribution >= 0.6 is 11.8 Å². The molecule has 2 bridgehead atoms. The van der Waals surface area contributed by atoms with Crippen molar-refractivity contribution in [1.29, 1.82) is 5.26 Å². The van der Waals surface area contributed by atoms with Crippen LogP contribution in [-0.2, 0) is 32.7 Å². The zero-order valence-electron chi connectivity index (χ0n) is 33.6. The van der Waals surface area contributed by atoms with E-state index >= 15 is 4.79 Å². The summed E-state index contributed by atoms with van der Waals surface area (Å²) < 4.78 is 31.0. The lowest BCUT2D eigenvalue weighted by Crippen LogP contribution is -2.63. The first-order valence-corrected chi connectivity index (χ1v) is 20.7. The number of rotatable bonds is 5. The molecule has 14 nitrogen and oxygen atoms in total. The fourth-order valence-electron chi connectivity index (χ4n) is 10.5. The fourth-order valence-corrected chi connectivity index (χ4v) is 12.1. The number of esters is 2. The van der Waals surface area contributed by atoms with Gasteiger partial charge in [0.1, 0.15) is 18.4 Å². The van der Waals surface area contributed by atoms with Crippen LogP contribution in [0.5, 0.6) is 28.7 Å². The molecule has 7 heterocycles. The predicted molar refractivity (Wildman–Crippen MR) is 217 cm³/mol. The number of phenols is 1. The molecule has 1 aromatic heterocycles. The fraction of sp³-hybridized carbons (Fsp3) is 0.465. The third-order valence-corrected chi connectivity index (χ3v) is 14.1. The van der Waals surface area contributed by atoms with Crippen molar-refractivity contribution < 1.29 is 38.4 Å². The molecule has 4 N–H and O–H groups in total. The number of thioether (sulfide) groups is 1. The number of hydrogen-bond donors (Lipinski definition) is 4. The number of ether oxygens (including phenoxy) is 5. The Bertz CT molecular complexity index is 2410. The van der Waals surface area contributed by atoms with Gasteiger partial charge in [-0.1, -0.05) is 24.3 Å². The third-order valence-electron chi connectivity index (χ3n) is 12.6. The summed E-state index contributed by atoms with van der Waals surface area (Å²) in [6.45, 7) is 5.51. The second-order valence-corrected chi connectivity index (χ2v) is 17.3. The van der Waals surface area contributed by atoms with Crippen molar-refractivity contribution in [3.63, 3.8) is 0 Å². The number of para-hydroxylation sites is 1. The Labute approximate surface area is 341 Å². The number of carbonyl (C=O) groups is 2. The van der Waals surface area contributed by atoms with E-state index in [0.717, 1.165) is 33.3 Å². The van der Waals surface area contributed by atoms with Gasteiger partial charge in [-0.15, -0.1) is 11.8 Å². The number of nitrogens with zero attached hydrogens (tertiary/aromatic N) is 3.